The zero-order valence-corrected chi connectivity index (χ0v) is 17.3. The van der Waals surface area contributed by atoms with Gasteiger partial charge in [0.05, 0.1) is 17.7 Å². The van der Waals surface area contributed by atoms with Crippen LogP contribution in [0.4, 0.5) is 8.78 Å². The molecule has 30 heavy (non-hydrogen) atoms. The largest absolute Gasteiger partial charge is 0.380 e. The van der Waals surface area contributed by atoms with E-state index in [1.807, 2.05) is 0 Å². The molecule has 156 valence electrons. The van der Waals surface area contributed by atoms with E-state index in [4.69, 9.17) is 27.9 Å². The Hall–Kier alpha value is -2.50. The van der Waals surface area contributed by atoms with Gasteiger partial charge in [-0.3, -0.25) is 0 Å². The van der Waals surface area contributed by atoms with Crippen molar-refractivity contribution in [1.82, 2.24) is 14.8 Å². The molecule has 0 spiro atoms. The molecular formula is C21H17Cl2F2N3O2. The first-order valence-electron chi connectivity index (χ1n) is 8.85. The Balaban J connectivity index is 1.80. The fourth-order valence-corrected chi connectivity index (χ4v) is 3.32. The minimum Gasteiger partial charge on any atom is -0.380 e. The first-order chi connectivity index (χ1) is 14.3. The highest BCUT2D eigenvalue weighted by molar-refractivity contribution is 6.35. The molecule has 2 aromatic carbocycles. The fraction of sp³-hybridized carbons (Fsp3) is 0.238. The number of nitrogens with zero attached hydrogens (tertiary/aromatic N) is 3. The zero-order chi connectivity index (χ0) is 21.7. The molecule has 0 aliphatic carbocycles. The van der Waals surface area contributed by atoms with E-state index in [9.17, 15) is 13.9 Å². The molecule has 1 N–H and O–H groups in total. The van der Waals surface area contributed by atoms with E-state index < -0.39 is 23.3 Å². The van der Waals surface area contributed by atoms with E-state index >= 15 is 0 Å². The Labute approximate surface area is 182 Å². The number of benzene rings is 2. The maximum Gasteiger partial charge on any atom is 0.138 e. The molecule has 9 heteroatoms. The molecule has 3 aromatic rings. The van der Waals surface area contributed by atoms with Crippen molar-refractivity contribution in [2.75, 3.05) is 6.61 Å². The number of hydrogen-bond acceptors (Lipinski definition) is 4. The van der Waals surface area contributed by atoms with Crippen LogP contribution >= 0.6 is 23.2 Å². The van der Waals surface area contributed by atoms with Gasteiger partial charge in [0.2, 0.25) is 0 Å². The van der Waals surface area contributed by atoms with Crippen molar-refractivity contribution in [2.24, 2.45) is 0 Å². The van der Waals surface area contributed by atoms with E-state index in [0.29, 0.717) is 21.7 Å². The van der Waals surface area contributed by atoms with Crippen molar-refractivity contribution in [1.29, 1.82) is 0 Å². The monoisotopic (exact) mass is 451 g/mol. The zero-order valence-electron chi connectivity index (χ0n) is 15.8. The van der Waals surface area contributed by atoms with Gasteiger partial charge in [-0.1, -0.05) is 41.1 Å². The highest BCUT2D eigenvalue weighted by Gasteiger charge is 2.40. The molecule has 0 unspecified atom stereocenters. The topological polar surface area (TPSA) is 60.2 Å². The molecule has 5 nitrogen and oxygen atoms in total. The third-order valence-corrected chi connectivity index (χ3v) is 5.05. The number of halogens is 4. The summed E-state index contributed by atoms with van der Waals surface area (Å²) in [7, 11) is 0. The summed E-state index contributed by atoms with van der Waals surface area (Å²) in [5.41, 5.74) is -1.41. The lowest BCUT2D eigenvalue weighted by atomic mass is 9.88. The van der Waals surface area contributed by atoms with E-state index in [1.54, 1.807) is 25.1 Å². The number of aliphatic hydroxyl groups is 1. The van der Waals surface area contributed by atoms with Crippen molar-refractivity contribution in [3.8, 4) is 11.8 Å². The minimum atomic E-state index is -1.86. The van der Waals surface area contributed by atoms with Crippen LogP contribution in [0.1, 0.15) is 18.1 Å². The summed E-state index contributed by atoms with van der Waals surface area (Å²) in [4.78, 5) is 3.82. The number of ether oxygens (including phenoxy) is 1. The highest BCUT2D eigenvalue weighted by Crippen LogP contribution is 2.31. The molecule has 0 bridgehead atoms. The first-order valence-corrected chi connectivity index (χ1v) is 9.61. The molecule has 0 aliphatic rings. The number of rotatable bonds is 6. The normalized spacial score (nSPS) is 13.9. The molecule has 1 heterocycles. The summed E-state index contributed by atoms with van der Waals surface area (Å²) in [6.07, 6.45) is 1.74. The molecule has 3 rings (SSSR count). The second-order valence-corrected chi connectivity index (χ2v) is 7.36. The molecule has 0 fully saturated rings. The number of aromatic nitrogens is 3. The van der Waals surface area contributed by atoms with E-state index in [2.05, 4.69) is 21.9 Å². The van der Waals surface area contributed by atoms with Gasteiger partial charge in [0, 0.05) is 22.2 Å². The average molecular weight is 452 g/mol. The van der Waals surface area contributed by atoms with Crippen LogP contribution in [0, 0.1) is 23.5 Å². The third-order valence-electron chi connectivity index (χ3n) is 4.50. The van der Waals surface area contributed by atoms with Crippen molar-refractivity contribution < 1.29 is 18.6 Å². The molecule has 0 saturated carbocycles. The van der Waals surface area contributed by atoms with Gasteiger partial charge in [-0.15, -0.1) is 0 Å². The van der Waals surface area contributed by atoms with Crippen LogP contribution in [-0.2, 0) is 16.9 Å². The predicted molar refractivity (Wildman–Crippen MR) is 109 cm³/mol. The molecule has 2 atom stereocenters. The molecule has 1 aromatic heterocycles. The Bertz CT molecular complexity index is 1080. The van der Waals surface area contributed by atoms with Gasteiger partial charge in [-0.25, -0.2) is 18.4 Å². The van der Waals surface area contributed by atoms with Crippen molar-refractivity contribution in [3.05, 3.63) is 81.9 Å². The SMILES string of the molecule is C[C@@H](OCC#Cc1ccc(Cl)cc1Cl)[C@](O)(Cn1cncn1)c1ccc(F)cc1F. The summed E-state index contributed by atoms with van der Waals surface area (Å²) >= 11 is 11.9. The third kappa shape index (κ3) is 5.15. The van der Waals surface area contributed by atoms with Crippen molar-refractivity contribution in [2.45, 2.75) is 25.2 Å². The van der Waals surface area contributed by atoms with Crippen LogP contribution < -0.4 is 0 Å². The van der Waals surface area contributed by atoms with Crippen LogP contribution in [0.15, 0.2) is 49.1 Å². The summed E-state index contributed by atoms with van der Waals surface area (Å²) in [6, 6.07) is 7.87. The maximum absolute atomic E-state index is 14.5. The molecule has 0 radical (unpaired) electrons. The summed E-state index contributed by atoms with van der Waals surface area (Å²) in [6.45, 7) is 1.34. The average Bonchev–Trinajstić information content (AvgIpc) is 3.19. The van der Waals surface area contributed by atoms with Crippen molar-refractivity contribution in [3.63, 3.8) is 0 Å². The molecule has 0 amide bonds. The first kappa shape index (κ1) is 22.2. The van der Waals surface area contributed by atoms with Crippen LogP contribution in [0.2, 0.25) is 10.0 Å². The Morgan fingerprint density at radius 3 is 2.70 bits per heavy atom. The van der Waals surface area contributed by atoms with Gasteiger partial charge in [-0.2, -0.15) is 5.10 Å². The highest BCUT2D eigenvalue weighted by atomic mass is 35.5. The van der Waals surface area contributed by atoms with Gasteiger partial charge in [0.15, 0.2) is 0 Å². The van der Waals surface area contributed by atoms with E-state index in [0.717, 1.165) is 6.07 Å². The van der Waals surface area contributed by atoms with E-state index in [1.165, 1.54) is 23.4 Å². The Morgan fingerprint density at radius 1 is 1.23 bits per heavy atom. The molecular weight excluding hydrogens is 435 g/mol. The summed E-state index contributed by atoms with van der Waals surface area (Å²) < 4.78 is 34.8. The molecule has 0 aliphatic heterocycles. The molecule has 0 saturated heterocycles. The maximum atomic E-state index is 14.5. The summed E-state index contributed by atoms with van der Waals surface area (Å²) in [5.74, 6) is 4.00. The minimum absolute atomic E-state index is 0.0669. The lowest BCUT2D eigenvalue weighted by molar-refractivity contribution is -0.111. The van der Waals surface area contributed by atoms with Crippen LogP contribution in [0.5, 0.6) is 0 Å². The van der Waals surface area contributed by atoms with Crippen molar-refractivity contribution >= 4 is 23.2 Å². The standard InChI is InChI=1S/C21H17Cl2F2N3O2/c1-14(30-8-2-3-15-4-5-16(22)9-19(15)23)21(29,11-28-13-26-12-27-28)18-7-6-17(24)10-20(18)25/h4-7,9-10,12-14,29H,8,11H2,1H3/t14-,21-/m1/s1. The van der Waals surface area contributed by atoms with Crippen LogP contribution in [0.25, 0.3) is 0 Å². The fourth-order valence-electron chi connectivity index (χ4n) is 2.86. The lowest BCUT2D eigenvalue weighted by Gasteiger charge is -2.34. The van der Waals surface area contributed by atoms with Gasteiger partial charge in [-0.05, 0) is 31.2 Å². The van der Waals surface area contributed by atoms with Gasteiger partial charge in [0.1, 0.15) is 36.5 Å². The Morgan fingerprint density at radius 2 is 2.03 bits per heavy atom. The van der Waals surface area contributed by atoms with Crippen LogP contribution in [-0.4, -0.2) is 32.6 Å². The Kier molecular flexibility index (Phi) is 7.06. The van der Waals surface area contributed by atoms with E-state index in [-0.39, 0.29) is 18.7 Å². The van der Waals surface area contributed by atoms with Crippen LogP contribution in [0.3, 0.4) is 0 Å². The van der Waals surface area contributed by atoms with Gasteiger partial charge in [0.25, 0.3) is 0 Å². The second kappa shape index (κ2) is 9.54. The lowest BCUT2D eigenvalue weighted by Crippen LogP contribution is -2.44. The summed E-state index contributed by atoms with van der Waals surface area (Å²) in [5, 5.41) is 16.2. The quantitative estimate of drug-likeness (QED) is 0.570. The second-order valence-electron chi connectivity index (χ2n) is 6.52. The predicted octanol–water partition coefficient (Wildman–Crippen LogP) is 4.21. The smallest absolute Gasteiger partial charge is 0.138 e. The van der Waals surface area contributed by atoms with Gasteiger partial charge < -0.3 is 9.84 Å². The van der Waals surface area contributed by atoms with Gasteiger partial charge >= 0.3 is 0 Å². The number of hydrogen-bond donors (Lipinski definition) is 1.